The van der Waals surface area contributed by atoms with Crippen molar-refractivity contribution in [3.63, 3.8) is 0 Å². The number of nitrogens with two attached hydrogens (primary N) is 2. The van der Waals surface area contributed by atoms with Crippen LogP contribution in [-0.2, 0) is 7.05 Å². The molecular weight excluding hydrogens is 360 g/mol. The summed E-state index contributed by atoms with van der Waals surface area (Å²) in [4.78, 5) is 0. The monoisotopic (exact) mass is 388 g/mol. The zero-order valence-corrected chi connectivity index (χ0v) is 17.2. The van der Waals surface area contributed by atoms with Crippen LogP contribution in [0.3, 0.4) is 0 Å². The molecule has 6 heteroatoms. The Balaban J connectivity index is 1.83. The molecule has 0 fully saturated rings. The summed E-state index contributed by atoms with van der Waals surface area (Å²) in [7, 11) is 1.93. The fourth-order valence-corrected chi connectivity index (χ4v) is 4.03. The minimum absolute atomic E-state index is 0.117. The van der Waals surface area contributed by atoms with Gasteiger partial charge in [-0.3, -0.25) is 4.68 Å². The Morgan fingerprint density at radius 2 is 2.00 bits per heavy atom. The Morgan fingerprint density at radius 3 is 2.69 bits per heavy atom. The number of nitrogens with one attached hydrogen (secondary N) is 1. The van der Waals surface area contributed by atoms with Crippen molar-refractivity contribution in [1.82, 2.24) is 14.8 Å². The van der Waals surface area contributed by atoms with E-state index in [2.05, 4.69) is 59.8 Å². The molecule has 0 spiro atoms. The van der Waals surface area contributed by atoms with Crippen LogP contribution in [0.4, 0.5) is 5.69 Å². The van der Waals surface area contributed by atoms with Crippen LogP contribution in [-0.4, -0.2) is 21.3 Å². The predicted molar refractivity (Wildman–Crippen MR) is 118 cm³/mol. The van der Waals surface area contributed by atoms with Crippen molar-refractivity contribution >= 4 is 11.4 Å². The molecule has 4 rings (SSSR count). The number of fused-ring (bicyclic) bond motifs is 1. The van der Waals surface area contributed by atoms with Gasteiger partial charge in [0.2, 0.25) is 0 Å². The summed E-state index contributed by atoms with van der Waals surface area (Å²) in [6.07, 6.45) is 4.79. The molecule has 1 aliphatic rings. The van der Waals surface area contributed by atoms with Crippen molar-refractivity contribution in [3.8, 4) is 11.1 Å². The molecule has 0 saturated heterocycles. The maximum Gasteiger partial charge on any atom is 0.0777 e. The van der Waals surface area contributed by atoms with Crippen LogP contribution in [0.15, 0.2) is 60.6 Å². The van der Waals surface area contributed by atoms with E-state index >= 15 is 0 Å². The second-order valence-electron chi connectivity index (χ2n) is 7.78. The van der Waals surface area contributed by atoms with Crippen molar-refractivity contribution in [2.75, 3.05) is 11.9 Å². The van der Waals surface area contributed by atoms with E-state index in [-0.39, 0.29) is 6.04 Å². The Labute approximate surface area is 171 Å². The van der Waals surface area contributed by atoms with E-state index in [0.717, 1.165) is 40.2 Å². The van der Waals surface area contributed by atoms with E-state index in [1.165, 1.54) is 11.1 Å². The first kappa shape index (κ1) is 19.1. The molecule has 0 aliphatic carbocycles. The second-order valence-corrected chi connectivity index (χ2v) is 7.78. The smallest absolute Gasteiger partial charge is 0.0777 e. The fourth-order valence-electron chi connectivity index (χ4n) is 4.03. The summed E-state index contributed by atoms with van der Waals surface area (Å²) in [5, 5.41) is 9.81. The van der Waals surface area contributed by atoms with Crippen LogP contribution in [0.1, 0.15) is 36.1 Å². The van der Waals surface area contributed by atoms with Gasteiger partial charge in [-0.2, -0.15) is 5.10 Å². The number of anilines is 1. The average molecular weight is 389 g/mol. The van der Waals surface area contributed by atoms with Gasteiger partial charge in [-0.25, -0.2) is 5.84 Å². The first-order chi connectivity index (χ1) is 13.9. The molecule has 1 atom stereocenters. The van der Waals surface area contributed by atoms with Gasteiger partial charge in [0.25, 0.3) is 0 Å². The first-order valence-electron chi connectivity index (χ1n) is 9.87. The number of aryl methyl sites for hydroxylation is 2. The van der Waals surface area contributed by atoms with Gasteiger partial charge in [-0.1, -0.05) is 24.3 Å². The predicted octanol–water partition coefficient (Wildman–Crippen LogP) is 3.78. The molecule has 6 nitrogen and oxygen atoms in total. The summed E-state index contributed by atoms with van der Waals surface area (Å²) in [6, 6.07) is 15.0. The highest BCUT2D eigenvalue weighted by Gasteiger charge is 2.26. The molecule has 2 heterocycles. The molecule has 29 heavy (non-hydrogen) atoms. The number of rotatable bonds is 3. The summed E-state index contributed by atoms with van der Waals surface area (Å²) in [5.74, 6) is 6.38. The van der Waals surface area contributed by atoms with Gasteiger partial charge < -0.3 is 16.1 Å². The number of nitrogens with zero attached hydrogens (tertiary/aromatic N) is 3. The number of hydrogen-bond acceptors (Lipinski definition) is 5. The number of aromatic nitrogens is 2. The summed E-state index contributed by atoms with van der Waals surface area (Å²) < 4.78 is 1.82. The Kier molecular flexibility index (Phi) is 5.03. The van der Waals surface area contributed by atoms with Gasteiger partial charge in [-0.05, 0) is 55.2 Å². The highest BCUT2D eigenvalue weighted by molar-refractivity contribution is 5.74. The van der Waals surface area contributed by atoms with Gasteiger partial charge in [0.05, 0.1) is 17.9 Å². The maximum absolute atomic E-state index is 6.38. The topological polar surface area (TPSA) is 85.1 Å². The van der Waals surface area contributed by atoms with Gasteiger partial charge >= 0.3 is 0 Å². The zero-order chi connectivity index (χ0) is 20.5. The number of allylic oxidation sites excluding steroid dienone is 1. The number of benzene rings is 2. The van der Waals surface area contributed by atoms with Gasteiger partial charge in [0.1, 0.15) is 0 Å². The third-order valence-electron chi connectivity index (χ3n) is 5.40. The van der Waals surface area contributed by atoms with Crippen molar-refractivity contribution in [2.24, 2.45) is 18.6 Å². The maximum atomic E-state index is 6.38. The zero-order valence-electron chi connectivity index (χ0n) is 17.2. The van der Waals surface area contributed by atoms with E-state index in [1.54, 1.807) is 5.01 Å². The number of hydrogen-bond donors (Lipinski definition) is 3. The first-order valence-corrected chi connectivity index (χ1v) is 9.87. The summed E-state index contributed by atoms with van der Waals surface area (Å²) in [6.45, 7) is 4.72. The molecule has 1 unspecified atom stereocenters. The molecule has 2 aromatic carbocycles. The Morgan fingerprint density at radius 1 is 1.17 bits per heavy atom. The van der Waals surface area contributed by atoms with Crippen LogP contribution >= 0.6 is 0 Å². The molecule has 5 N–H and O–H groups in total. The molecular formula is C23H28N6. The molecule has 1 aliphatic heterocycles. The van der Waals surface area contributed by atoms with Crippen molar-refractivity contribution in [2.45, 2.75) is 26.3 Å². The van der Waals surface area contributed by atoms with Crippen molar-refractivity contribution in [1.29, 1.82) is 0 Å². The van der Waals surface area contributed by atoms with E-state index in [4.69, 9.17) is 11.6 Å². The number of hydrazine groups is 1. The van der Waals surface area contributed by atoms with Crippen LogP contribution in [0.25, 0.3) is 16.8 Å². The van der Waals surface area contributed by atoms with E-state index in [1.807, 2.05) is 31.0 Å². The average Bonchev–Trinajstić information content (AvgIpc) is 3.06. The summed E-state index contributed by atoms with van der Waals surface area (Å²) in [5.41, 5.74) is 14.7. The highest BCUT2D eigenvalue weighted by Crippen LogP contribution is 2.37. The highest BCUT2D eigenvalue weighted by atomic mass is 15.4. The molecule has 0 bridgehead atoms. The Hall–Kier alpha value is -3.25. The van der Waals surface area contributed by atoms with Gasteiger partial charge in [0, 0.05) is 42.3 Å². The second kappa shape index (κ2) is 7.64. The SMILES string of the molecule is C/C(N)=C1\c2ccc(-c3cnn(C)c3)cc2C(Nc2cccc(C)c2)CCN1N. The van der Waals surface area contributed by atoms with Crippen LogP contribution < -0.4 is 16.9 Å². The standard InChI is InChI=1S/C23H28N6/c1-15-5-4-6-19(11-15)27-22-9-10-29(25)23(16(2)24)20-8-7-17(12-21(20)22)18-13-26-28(3)14-18/h4-8,11-14,22,27H,9-10,24-25H2,1-3H3/b23-16-. The van der Waals surface area contributed by atoms with E-state index < -0.39 is 0 Å². The lowest BCUT2D eigenvalue weighted by Gasteiger charge is -2.22. The fraction of sp³-hybridized carbons (Fsp3) is 0.261. The quantitative estimate of drug-likeness (QED) is 0.595. The van der Waals surface area contributed by atoms with Crippen LogP contribution in [0, 0.1) is 6.92 Å². The lowest BCUT2D eigenvalue weighted by molar-refractivity contribution is 0.402. The van der Waals surface area contributed by atoms with E-state index in [0.29, 0.717) is 6.54 Å². The van der Waals surface area contributed by atoms with Crippen molar-refractivity contribution < 1.29 is 0 Å². The van der Waals surface area contributed by atoms with Crippen LogP contribution in [0.5, 0.6) is 0 Å². The van der Waals surface area contributed by atoms with Crippen molar-refractivity contribution in [3.05, 3.63) is 77.2 Å². The normalized spacial score (nSPS) is 18.2. The molecule has 0 radical (unpaired) electrons. The largest absolute Gasteiger partial charge is 0.401 e. The van der Waals surface area contributed by atoms with E-state index in [9.17, 15) is 0 Å². The molecule has 0 amide bonds. The van der Waals surface area contributed by atoms with Crippen LogP contribution in [0.2, 0.25) is 0 Å². The molecule has 0 saturated carbocycles. The van der Waals surface area contributed by atoms with Gasteiger partial charge in [0.15, 0.2) is 0 Å². The molecule has 150 valence electrons. The minimum atomic E-state index is 0.117. The summed E-state index contributed by atoms with van der Waals surface area (Å²) >= 11 is 0. The van der Waals surface area contributed by atoms with Gasteiger partial charge in [-0.15, -0.1) is 0 Å². The molecule has 3 aromatic rings. The molecule has 1 aromatic heterocycles. The third kappa shape index (κ3) is 3.84. The lowest BCUT2D eigenvalue weighted by atomic mass is 9.93. The Bertz CT molecular complexity index is 1060. The minimum Gasteiger partial charge on any atom is -0.401 e. The lowest BCUT2D eigenvalue weighted by Crippen LogP contribution is -2.31. The third-order valence-corrected chi connectivity index (χ3v) is 5.40.